The number of hydrogen-bond donors (Lipinski definition) is 1. The first-order valence-corrected chi connectivity index (χ1v) is 5.20. The van der Waals surface area contributed by atoms with Gasteiger partial charge in [0, 0.05) is 6.07 Å². The summed E-state index contributed by atoms with van der Waals surface area (Å²) >= 11 is 0. The van der Waals surface area contributed by atoms with Crippen molar-refractivity contribution in [2.24, 2.45) is 5.73 Å². The van der Waals surface area contributed by atoms with Crippen LogP contribution in [0.2, 0.25) is 0 Å². The van der Waals surface area contributed by atoms with Crippen molar-refractivity contribution >= 4 is 0 Å². The predicted molar refractivity (Wildman–Crippen MR) is 61.0 cm³/mol. The lowest BCUT2D eigenvalue weighted by molar-refractivity contribution is 0.390. The lowest BCUT2D eigenvalue weighted by atomic mass is 10.0. The van der Waals surface area contributed by atoms with E-state index in [1.165, 1.54) is 13.2 Å². The van der Waals surface area contributed by atoms with Gasteiger partial charge in [0.2, 0.25) is 5.88 Å². The first-order valence-electron chi connectivity index (χ1n) is 5.20. The Morgan fingerprint density at radius 1 is 1.11 bits per heavy atom. The number of nitrogens with two attached hydrogens (primary N) is 1. The van der Waals surface area contributed by atoms with E-state index >= 15 is 0 Å². The average molecular weight is 251 g/mol. The molecule has 0 aliphatic carbocycles. The van der Waals surface area contributed by atoms with Gasteiger partial charge >= 0.3 is 0 Å². The highest BCUT2D eigenvalue weighted by molar-refractivity contribution is 5.28. The largest absolute Gasteiger partial charge is 0.480 e. The summed E-state index contributed by atoms with van der Waals surface area (Å²) in [5.41, 5.74) is 6.76. The van der Waals surface area contributed by atoms with Crippen LogP contribution in [0.5, 0.6) is 5.88 Å². The summed E-state index contributed by atoms with van der Waals surface area (Å²) in [5, 5.41) is 7.63. The molecule has 0 radical (unpaired) electrons. The molecule has 1 atom stereocenters. The number of aromatic nitrogens is 2. The van der Waals surface area contributed by atoms with Crippen molar-refractivity contribution in [1.82, 2.24) is 10.2 Å². The Morgan fingerprint density at radius 2 is 1.89 bits per heavy atom. The highest BCUT2D eigenvalue weighted by atomic mass is 19.2. The van der Waals surface area contributed by atoms with E-state index in [2.05, 4.69) is 10.2 Å². The van der Waals surface area contributed by atoms with E-state index < -0.39 is 17.7 Å². The van der Waals surface area contributed by atoms with E-state index in [0.717, 1.165) is 12.1 Å². The normalized spacial score (nSPS) is 12.2. The van der Waals surface area contributed by atoms with Crippen LogP contribution in [0.1, 0.15) is 17.3 Å². The molecule has 0 fully saturated rings. The Hall–Kier alpha value is -2.08. The van der Waals surface area contributed by atoms with Gasteiger partial charge < -0.3 is 10.5 Å². The molecule has 2 rings (SSSR count). The van der Waals surface area contributed by atoms with Crippen LogP contribution in [0, 0.1) is 11.6 Å². The van der Waals surface area contributed by atoms with Crippen LogP contribution in [0.25, 0.3) is 0 Å². The number of ether oxygens (including phenoxy) is 1. The van der Waals surface area contributed by atoms with Crippen LogP contribution in [0.3, 0.4) is 0 Å². The molecule has 18 heavy (non-hydrogen) atoms. The fourth-order valence-corrected chi connectivity index (χ4v) is 1.48. The van der Waals surface area contributed by atoms with E-state index in [1.54, 1.807) is 12.1 Å². The SMILES string of the molecule is COc1ccc(C(N)c2ccc(F)c(F)c2)nn1. The van der Waals surface area contributed by atoms with Gasteiger partial charge in [-0.3, -0.25) is 0 Å². The molecule has 6 heteroatoms. The third-order valence-electron chi connectivity index (χ3n) is 2.49. The Bertz CT molecular complexity index is 546. The molecule has 0 aliphatic rings. The Kier molecular flexibility index (Phi) is 3.47. The van der Waals surface area contributed by atoms with E-state index in [4.69, 9.17) is 10.5 Å². The smallest absolute Gasteiger partial charge is 0.233 e. The summed E-state index contributed by atoms with van der Waals surface area (Å²) in [6.45, 7) is 0. The van der Waals surface area contributed by atoms with Crippen LogP contribution in [0.15, 0.2) is 30.3 Å². The number of methoxy groups -OCH3 is 1. The molecule has 2 aromatic rings. The van der Waals surface area contributed by atoms with Gasteiger partial charge in [-0.05, 0) is 23.8 Å². The molecule has 0 saturated heterocycles. The van der Waals surface area contributed by atoms with Crippen molar-refractivity contribution in [1.29, 1.82) is 0 Å². The molecule has 0 spiro atoms. The molecule has 0 aliphatic heterocycles. The summed E-state index contributed by atoms with van der Waals surface area (Å²) in [6.07, 6.45) is 0. The summed E-state index contributed by atoms with van der Waals surface area (Å²) in [6, 6.07) is 6.04. The zero-order valence-corrected chi connectivity index (χ0v) is 9.60. The quantitative estimate of drug-likeness (QED) is 0.903. The third-order valence-corrected chi connectivity index (χ3v) is 2.49. The van der Waals surface area contributed by atoms with Gasteiger partial charge in [0.15, 0.2) is 11.6 Å². The molecular formula is C12H11F2N3O. The van der Waals surface area contributed by atoms with Gasteiger partial charge in [-0.15, -0.1) is 10.2 Å². The highest BCUT2D eigenvalue weighted by Gasteiger charge is 2.13. The van der Waals surface area contributed by atoms with Crippen LogP contribution < -0.4 is 10.5 Å². The molecule has 1 unspecified atom stereocenters. The van der Waals surface area contributed by atoms with Crippen LogP contribution >= 0.6 is 0 Å². The summed E-state index contributed by atoms with van der Waals surface area (Å²) in [5.74, 6) is -1.49. The summed E-state index contributed by atoms with van der Waals surface area (Å²) in [4.78, 5) is 0. The average Bonchev–Trinajstić information content (AvgIpc) is 2.41. The van der Waals surface area contributed by atoms with Crippen molar-refractivity contribution in [3.8, 4) is 5.88 Å². The maximum atomic E-state index is 13.1. The van der Waals surface area contributed by atoms with Crippen LogP contribution in [0.4, 0.5) is 8.78 Å². The van der Waals surface area contributed by atoms with Gasteiger partial charge in [-0.2, -0.15) is 0 Å². The second-order valence-electron chi connectivity index (χ2n) is 3.65. The number of hydrogen-bond acceptors (Lipinski definition) is 4. The number of rotatable bonds is 3. The van der Waals surface area contributed by atoms with Crippen molar-refractivity contribution in [3.05, 3.63) is 53.2 Å². The van der Waals surface area contributed by atoms with Gasteiger partial charge in [-0.1, -0.05) is 6.07 Å². The van der Waals surface area contributed by atoms with E-state index in [0.29, 0.717) is 17.1 Å². The number of halogens is 2. The molecule has 1 aromatic heterocycles. The van der Waals surface area contributed by atoms with Gasteiger partial charge in [-0.25, -0.2) is 8.78 Å². The second kappa shape index (κ2) is 5.05. The molecule has 2 N–H and O–H groups in total. The summed E-state index contributed by atoms with van der Waals surface area (Å²) < 4.78 is 30.8. The van der Waals surface area contributed by atoms with E-state index in [9.17, 15) is 8.78 Å². The Morgan fingerprint density at radius 3 is 2.44 bits per heavy atom. The van der Waals surface area contributed by atoms with Gasteiger partial charge in [0.1, 0.15) is 0 Å². The van der Waals surface area contributed by atoms with Crippen LogP contribution in [-0.2, 0) is 0 Å². The lowest BCUT2D eigenvalue weighted by Crippen LogP contribution is -2.14. The first kappa shape index (κ1) is 12.4. The fourth-order valence-electron chi connectivity index (χ4n) is 1.48. The third kappa shape index (κ3) is 2.43. The molecule has 1 heterocycles. The first-order chi connectivity index (χ1) is 8.61. The Balaban J connectivity index is 2.28. The highest BCUT2D eigenvalue weighted by Crippen LogP contribution is 2.20. The van der Waals surface area contributed by atoms with Gasteiger partial charge in [0.05, 0.1) is 18.8 Å². The molecule has 0 bridgehead atoms. The predicted octanol–water partition coefficient (Wildman–Crippen LogP) is 1.81. The van der Waals surface area contributed by atoms with Crippen molar-refractivity contribution in [2.45, 2.75) is 6.04 Å². The molecule has 0 saturated carbocycles. The molecule has 94 valence electrons. The van der Waals surface area contributed by atoms with Crippen molar-refractivity contribution < 1.29 is 13.5 Å². The molecular weight excluding hydrogens is 240 g/mol. The molecule has 4 nitrogen and oxygen atoms in total. The molecule has 0 amide bonds. The maximum Gasteiger partial charge on any atom is 0.233 e. The standard InChI is InChI=1S/C12H11F2N3O/c1-18-11-5-4-10(16-17-11)12(15)7-2-3-8(13)9(14)6-7/h2-6,12H,15H2,1H3. The van der Waals surface area contributed by atoms with Crippen molar-refractivity contribution in [2.75, 3.05) is 7.11 Å². The summed E-state index contributed by atoms with van der Waals surface area (Å²) in [7, 11) is 1.47. The number of benzene rings is 1. The topological polar surface area (TPSA) is 61.0 Å². The van der Waals surface area contributed by atoms with E-state index in [1.807, 2.05) is 0 Å². The fraction of sp³-hybridized carbons (Fsp3) is 0.167. The minimum atomic E-state index is -0.940. The number of nitrogens with zero attached hydrogens (tertiary/aromatic N) is 2. The van der Waals surface area contributed by atoms with Crippen LogP contribution in [-0.4, -0.2) is 17.3 Å². The minimum Gasteiger partial charge on any atom is -0.480 e. The monoisotopic (exact) mass is 251 g/mol. The molecule has 1 aromatic carbocycles. The zero-order chi connectivity index (χ0) is 13.1. The lowest BCUT2D eigenvalue weighted by Gasteiger charge is -2.11. The minimum absolute atomic E-state index is 0.358. The second-order valence-corrected chi connectivity index (χ2v) is 3.65. The van der Waals surface area contributed by atoms with Gasteiger partial charge in [0.25, 0.3) is 0 Å². The zero-order valence-electron chi connectivity index (χ0n) is 9.60. The Labute approximate surface area is 102 Å². The maximum absolute atomic E-state index is 13.1. The van der Waals surface area contributed by atoms with Crippen molar-refractivity contribution in [3.63, 3.8) is 0 Å². The van der Waals surface area contributed by atoms with E-state index in [-0.39, 0.29) is 0 Å².